The van der Waals surface area contributed by atoms with Gasteiger partial charge in [0.25, 0.3) is 0 Å². The van der Waals surface area contributed by atoms with Gasteiger partial charge in [-0.2, -0.15) is 0 Å². The topological polar surface area (TPSA) is 9.72 Å². The Labute approximate surface area is 418 Å². The molecular formula is C67H47N3S. The van der Waals surface area contributed by atoms with Crippen LogP contribution in [0.4, 0.5) is 45.5 Å². The van der Waals surface area contributed by atoms with E-state index in [9.17, 15) is 0 Å². The predicted octanol–water partition coefficient (Wildman–Crippen LogP) is 18.6. The molecule has 2 aliphatic carbocycles. The Morgan fingerprint density at radius 3 is 1.42 bits per heavy atom. The fourth-order valence-corrected chi connectivity index (χ4v) is 12.7. The minimum absolute atomic E-state index is 0.106. The van der Waals surface area contributed by atoms with Crippen LogP contribution in [-0.4, -0.2) is 5.54 Å². The number of allylic oxidation sites excluding steroid dienone is 2. The standard InChI is InChI=1S/C67H47N3S/c1-5-15-46(16-6-1)48-25-31-53(32-26-48)68(52-19-9-3-10-20-52)55-35-37-56(38-36-55)69(54-33-27-49(28-34-54)47-17-7-2-8-18-47)58-39-42-65-61(44-58)60-43-50(30-41-64(60)71-65)51-29-40-62-66-59-23-13-14-24-63(59)70(67(62,66)45-51)57-21-11-4-12-22-57/h1-45,62,66H. The van der Waals surface area contributed by atoms with E-state index >= 15 is 0 Å². The number of benzene rings is 10. The number of nitrogens with zero attached hydrogens (tertiary/aromatic N) is 3. The van der Waals surface area contributed by atoms with Crippen molar-refractivity contribution in [2.45, 2.75) is 11.5 Å². The van der Waals surface area contributed by atoms with Gasteiger partial charge in [0.15, 0.2) is 0 Å². The summed E-state index contributed by atoms with van der Waals surface area (Å²) < 4.78 is 2.57. The largest absolute Gasteiger partial charge is 0.330 e. The van der Waals surface area contributed by atoms with Gasteiger partial charge in [0.1, 0.15) is 0 Å². The van der Waals surface area contributed by atoms with Crippen molar-refractivity contribution in [2.75, 3.05) is 14.7 Å². The maximum atomic E-state index is 2.61. The van der Waals surface area contributed by atoms with Crippen LogP contribution in [0.5, 0.6) is 0 Å². The highest BCUT2D eigenvalue weighted by atomic mass is 32.1. The van der Waals surface area contributed by atoms with Crippen LogP contribution >= 0.6 is 11.3 Å². The minimum atomic E-state index is -0.106. The van der Waals surface area contributed by atoms with Gasteiger partial charge in [0, 0.05) is 77.5 Å². The Kier molecular flexibility index (Phi) is 9.75. The van der Waals surface area contributed by atoms with Crippen LogP contribution in [0, 0.1) is 5.92 Å². The molecule has 336 valence electrons. The summed E-state index contributed by atoms with van der Waals surface area (Å²) in [7, 11) is 0. The zero-order chi connectivity index (χ0) is 46.9. The molecule has 0 bridgehead atoms. The van der Waals surface area contributed by atoms with Crippen molar-refractivity contribution < 1.29 is 0 Å². The second kappa shape index (κ2) is 16.8. The zero-order valence-electron chi connectivity index (χ0n) is 38.9. The molecule has 2 heterocycles. The van der Waals surface area contributed by atoms with E-state index < -0.39 is 0 Å². The van der Waals surface area contributed by atoms with Crippen LogP contribution in [0.15, 0.2) is 273 Å². The highest BCUT2D eigenvalue weighted by Crippen LogP contribution is 2.73. The smallest absolute Gasteiger partial charge is 0.0787 e. The van der Waals surface area contributed by atoms with Crippen LogP contribution in [0.2, 0.25) is 0 Å². The van der Waals surface area contributed by atoms with Crippen LogP contribution in [0.25, 0.3) is 48.0 Å². The molecule has 1 aromatic heterocycles. The highest BCUT2D eigenvalue weighted by molar-refractivity contribution is 7.25. The first-order valence-corrected chi connectivity index (χ1v) is 25.4. The molecule has 1 aliphatic heterocycles. The molecule has 3 atom stereocenters. The number of hydrogen-bond acceptors (Lipinski definition) is 4. The predicted molar refractivity (Wildman–Crippen MR) is 301 cm³/mol. The summed E-state index contributed by atoms with van der Waals surface area (Å²) in [5, 5.41) is 2.55. The van der Waals surface area contributed by atoms with Crippen molar-refractivity contribution in [1.82, 2.24) is 0 Å². The van der Waals surface area contributed by atoms with E-state index in [4.69, 9.17) is 0 Å². The molecule has 10 aromatic carbocycles. The van der Waals surface area contributed by atoms with Crippen LogP contribution in [0.1, 0.15) is 17.0 Å². The summed E-state index contributed by atoms with van der Waals surface area (Å²) in [5.41, 5.74) is 17.8. The van der Waals surface area contributed by atoms with Gasteiger partial charge in [0.2, 0.25) is 0 Å². The lowest BCUT2D eigenvalue weighted by atomic mass is 9.94. The maximum Gasteiger partial charge on any atom is 0.0787 e. The van der Waals surface area contributed by atoms with E-state index in [-0.39, 0.29) is 5.54 Å². The minimum Gasteiger partial charge on any atom is -0.330 e. The number of anilines is 8. The Balaban J connectivity index is 0.853. The van der Waals surface area contributed by atoms with E-state index in [1.165, 1.54) is 70.5 Å². The van der Waals surface area contributed by atoms with Gasteiger partial charge in [-0.3, -0.25) is 0 Å². The van der Waals surface area contributed by atoms with Gasteiger partial charge in [0.05, 0.1) is 5.54 Å². The lowest BCUT2D eigenvalue weighted by molar-refractivity contribution is 0.764. The van der Waals surface area contributed by atoms with Gasteiger partial charge in [-0.1, -0.05) is 158 Å². The fourth-order valence-electron chi connectivity index (χ4n) is 11.6. The van der Waals surface area contributed by atoms with Gasteiger partial charge >= 0.3 is 0 Å². The van der Waals surface area contributed by atoms with E-state index in [0.29, 0.717) is 11.8 Å². The summed E-state index contributed by atoms with van der Waals surface area (Å²) in [4.78, 5) is 7.35. The summed E-state index contributed by atoms with van der Waals surface area (Å²) in [6.45, 7) is 0. The lowest BCUT2D eigenvalue weighted by Crippen LogP contribution is -2.32. The number of hydrogen-bond donors (Lipinski definition) is 0. The van der Waals surface area contributed by atoms with Gasteiger partial charge in [-0.05, 0) is 154 Å². The average molecular weight is 926 g/mol. The lowest BCUT2D eigenvalue weighted by Gasteiger charge is -2.33. The van der Waals surface area contributed by atoms with Gasteiger partial charge in [-0.25, -0.2) is 0 Å². The number of para-hydroxylation sites is 3. The normalized spacial score (nSPS) is 17.4. The summed E-state index contributed by atoms with van der Waals surface area (Å²) >= 11 is 1.87. The third-order valence-corrected chi connectivity index (χ3v) is 16.1. The SMILES string of the molecule is C1=CC2C3c4ccccc4N(c4ccccc4)C23C=C1c1ccc2sc3ccc(N(c4ccc(-c5ccccc5)cc4)c4ccc(N(c5ccccc5)c5ccc(-c6ccccc6)cc5)cc4)cc3c2c1. The molecule has 4 heteroatoms. The monoisotopic (exact) mass is 925 g/mol. The molecule has 1 fully saturated rings. The van der Waals surface area contributed by atoms with Crippen molar-refractivity contribution in [3.8, 4) is 22.3 Å². The molecule has 3 unspecified atom stereocenters. The van der Waals surface area contributed by atoms with Crippen LogP contribution in [0.3, 0.4) is 0 Å². The molecule has 1 spiro atoms. The number of rotatable bonds is 10. The maximum absolute atomic E-state index is 2.61. The summed E-state index contributed by atoms with van der Waals surface area (Å²) in [6, 6.07) is 92.9. The van der Waals surface area contributed by atoms with Crippen molar-refractivity contribution in [3.63, 3.8) is 0 Å². The van der Waals surface area contributed by atoms with E-state index in [0.717, 1.165) is 34.1 Å². The number of thiophene rings is 1. The Hall–Kier alpha value is -8.70. The molecule has 11 aromatic rings. The second-order valence-electron chi connectivity index (χ2n) is 18.9. The molecule has 0 saturated heterocycles. The average Bonchev–Trinajstić information content (AvgIpc) is 3.83. The van der Waals surface area contributed by atoms with Crippen molar-refractivity contribution in [3.05, 3.63) is 284 Å². The van der Waals surface area contributed by atoms with Crippen LogP contribution < -0.4 is 14.7 Å². The summed E-state index contributed by atoms with van der Waals surface area (Å²) in [6.07, 6.45) is 7.44. The summed E-state index contributed by atoms with van der Waals surface area (Å²) in [5.74, 6) is 0.889. The molecule has 0 amide bonds. The third kappa shape index (κ3) is 6.94. The van der Waals surface area contributed by atoms with E-state index in [1.54, 1.807) is 0 Å². The Morgan fingerprint density at radius 2 is 0.817 bits per heavy atom. The zero-order valence-corrected chi connectivity index (χ0v) is 39.7. The van der Waals surface area contributed by atoms with Gasteiger partial charge < -0.3 is 14.7 Å². The van der Waals surface area contributed by atoms with Crippen molar-refractivity contribution in [1.29, 1.82) is 0 Å². The van der Waals surface area contributed by atoms with Crippen molar-refractivity contribution >= 4 is 82.6 Å². The molecule has 71 heavy (non-hydrogen) atoms. The molecule has 1 saturated carbocycles. The second-order valence-corrected chi connectivity index (χ2v) is 20.0. The molecule has 3 nitrogen and oxygen atoms in total. The highest BCUT2D eigenvalue weighted by Gasteiger charge is 2.71. The van der Waals surface area contributed by atoms with Crippen LogP contribution in [-0.2, 0) is 0 Å². The first-order valence-electron chi connectivity index (χ1n) is 24.6. The van der Waals surface area contributed by atoms with E-state index in [2.05, 4.69) is 288 Å². The molecule has 0 radical (unpaired) electrons. The molecular weight excluding hydrogens is 879 g/mol. The fraction of sp³-hybridized carbons (Fsp3) is 0.0448. The Morgan fingerprint density at radius 1 is 0.380 bits per heavy atom. The third-order valence-electron chi connectivity index (χ3n) is 15.0. The number of fused-ring (bicyclic) bond motifs is 6. The molecule has 0 N–H and O–H groups in total. The first kappa shape index (κ1) is 41.3. The van der Waals surface area contributed by atoms with E-state index in [1.807, 2.05) is 11.3 Å². The Bertz CT molecular complexity index is 3810. The first-order chi connectivity index (χ1) is 35.2. The molecule has 3 aliphatic rings. The quantitative estimate of drug-likeness (QED) is 0.135. The van der Waals surface area contributed by atoms with Gasteiger partial charge in [-0.15, -0.1) is 11.3 Å². The van der Waals surface area contributed by atoms with Crippen molar-refractivity contribution in [2.24, 2.45) is 5.92 Å². The molecule has 14 rings (SSSR count).